The van der Waals surface area contributed by atoms with Crippen LogP contribution in [-0.2, 0) is 0 Å². The summed E-state index contributed by atoms with van der Waals surface area (Å²) in [6, 6.07) is 7.60. The van der Waals surface area contributed by atoms with E-state index in [1.165, 1.54) is 0 Å². The van der Waals surface area contributed by atoms with Gasteiger partial charge >= 0.3 is 0 Å². The molecule has 0 radical (unpaired) electrons. The van der Waals surface area contributed by atoms with E-state index in [1.54, 1.807) is 0 Å². The third kappa shape index (κ3) is 3.53. The van der Waals surface area contributed by atoms with Gasteiger partial charge in [0.25, 0.3) is 0 Å². The zero-order valence-electron chi connectivity index (χ0n) is 9.31. The first-order chi connectivity index (χ1) is 7.15. The topological polar surface area (TPSA) is 55.5 Å². The molecule has 1 aromatic rings. The highest BCUT2D eigenvalue weighted by atomic mass is 16.5. The molecule has 0 saturated heterocycles. The van der Waals surface area contributed by atoms with Crippen LogP contribution < -0.4 is 10.5 Å². The monoisotopic (exact) mass is 209 g/mol. The number of aliphatic hydroxyl groups excluding tert-OH is 1. The van der Waals surface area contributed by atoms with Gasteiger partial charge in [-0.05, 0) is 19.4 Å². The van der Waals surface area contributed by atoms with E-state index in [0.29, 0.717) is 13.0 Å². The molecule has 0 heterocycles. The Hall–Kier alpha value is -1.06. The van der Waals surface area contributed by atoms with E-state index in [2.05, 4.69) is 0 Å². The van der Waals surface area contributed by atoms with Gasteiger partial charge in [-0.2, -0.15) is 0 Å². The molecular formula is C12H19NO2. The van der Waals surface area contributed by atoms with Crippen molar-refractivity contribution in [2.24, 2.45) is 5.73 Å². The van der Waals surface area contributed by atoms with E-state index >= 15 is 0 Å². The van der Waals surface area contributed by atoms with Crippen molar-refractivity contribution in [2.75, 3.05) is 6.61 Å². The minimum Gasteiger partial charge on any atom is -0.491 e. The summed E-state index contributed by atoms with van der Waals surface area (Å²) in [4.78, 5) is 0. The minimum atomic E-state index is -0.411. The second-order valence-corrected chi connectivity index (χ2v) is 3.70. The molecule has 0 spiro atoms. The van der Waals surface area contributed by atoms with Gasteiger partial charge in [-0.3, -0.25) is 0 Å². The first-order valence-corrected chi connectivity index (χ1v) is 5.30. The molecule has 0 bridgehead atoms. The Morgan fingerprint density at radius 1 is 1.40 bits per heavy atom. The molecule has 3 heteroatoms. The van der Waals surface area contributed by atoms with Gasteiger partial charge in [0.15, 0.2) is 0 Å². The van der Waals surface area contributed by atoms with Crippen LogP contribution in [0.15, 0.2) is 24.3 Å². The molecule has 3 N–H and O–H groups in total. The fourth-order valence-corrected chi connectivity index (χ4v) is 1.29. The van der Waals surface area contributed by atoms with Crippen molar-refractivity contribution in [3.63, 3.8) is 0 Å². The van der Waals surface area contributed by atoms with E-state index in [1.807, 2.05) is 38.1 Å². The lowest BCUT2D eigenvalue weighted by Crippen LogP contribution is -2.17. The van der Waals surface area contributed by atoms with Gasteiger partial charge in [0.1, 0.15) is 12.4 Å². The zero-order chi connectivity index (χ0) is 11.3. The molecular weight excluding hydrogens is 190 g/mol. The molecule has 15 heavy (non-hydrogen) atoms. The molecule has 1 rings (SSSR count). The van der Waals surface area contributed by atoms with Crippen LogP contribution in [0.25, 0.3) is 0 Å². The number of hydrogen-bond donors (Lipinski definition) is 2. The molecule has 1 aromatic carbocycles. The number of aliphatic hydroxyl groups is 1. The number of ether oxygens (including phenoxy) is 1. The number of benzene rings is 1. The van der Waals surface area contributed by atoms with Crippen LogP contribution in [0.1, 0.15) is 31.9 Å². The van der Waals surface area contributed by atoms with Crippen LogP contribution in [-0.4, -0.2) is 17.8 Å². The Morgan fingerprint density at radius 2 is 2.07 bits per heavy atom. The summed E-state index contributed by atoms with van der Waals surface area (Å²) >= 11 is 0. The van der Waals surface area contributed by atoms with E-state index in [9.17, 15) is 5.11 Å². The van der Waals surface area contributed by atoms with Crippen molar-refractivity contribution >= 4 is 0 Å². The molecule has 0 saturated carbocycles. The second-order valence-electron chi connectivity index (χ2n) is 3.70. The van der Waals surface area contributed by atoms with Gasteiger partial charge in [0, 0.05) is 11.6 Å². The Bertz CT molecular complexity index is 299. The third-order valence-electron chi connectivity index (χ3n) is 2.31. The average Bonchev–Trinajstić information content (AvgIpc) is 2.26. The zero-order valence-corrected chi connectivity index (χ0v) is 9.31. The van der Waals surface area contributed by atoms with Gasteiger partial charge in [-0.1, -0.05) is 25.1 Å². The van der Waals surface area contributed by atoms with Crippen LogP contribution in [0.5, 0.6) is 5.75 Å². The summed E-state index contributed by atoms with van der Waals surface area (Å²) in [5, 5.41) is 9.39. The summed E-state index contributed by atoms with van der Waals surface area (Å²) in [5.41, 5.74) is 6.78. The van der Waals surface area contributed by atoms with E-state index in [4.69, 9.17) is 10.5 Å². The predicted octanol–water partition coefficient (Wildman–Crippen LogP) is 1.86. The van der Waals surface area contributed by atoms with Crippen LogP contribution in [0.3, 0.4) is 0 Å². The lowest BCUT2D eigenvalue weighted by atomic mass is 10.1. The van der Waals surface area contributed by atoms with Gasteiger partial charge in [-0.25, -0.2) is 0 Å². The van der Waals surface area contributed by atoms with Gasteiger partial charge in [0.05, 0.1) is 6.10 Å². The smallest absolute Gasteiger partial charge is 0.124 e. The molecule has 0 amide bonds. The van der Waals surface area contributed by atoms with E-state index in [0.717, 1.165) is 11.3 Å². The van der Waals surface area contributed by atoms with Gasteiger partial charge in [0.2, 0.25) is 0 Å². The molecule has 84 valence electrons. The highest BCUT2D eigenvalue weighted by Crippen LogP contribution is 2.23. The van der Waals surface area contributed by atoms with Crippen molar-refractivity contribution in [3.05, 3.63) is 29.8 Å². The quantitative estimate of drug-likeness (QED) is 0.778. The van der Waals surface area contributed by atoms with Crippen molar-refractivity contribution in [1.82, 2.24) is 0 Å². The van der Waals surface area contributed by atoms with Gasteiger partial charge < -0.3 is 15.6 Å². The summed E-state index contributed by atoms with van der Waals surface area (Å²) in [6.07, 6.45) is 0.284. The third-order valence-corrected chi connectivity index (χ3v) is 2.31. The fraction of sp³-hybridized carbons (Fsp3) is 0.500. The number of para-hydroxylation sites is 1. The fourth-order valence-electron chi connectivity index (χ4n) is 1.29. The van der Waals surface area contributed by atoms with Crippen LogP contribution >= 0.6 is 0 Å². The Morgan fingerprint density at radius 3 is 2.67 bits per heavy atom. The second kappa shape index (κ2) is 5.73. The Balaban J connectivity index is 2.67. The number of rotatable bonds is 5. The first-order valence-electron chi connectivity index (χ1n) is 5.30. The normalized spacial score (nSPS) is 14.7. The molecule has 0 aliphatic carbocycles. The van der Waals surface area contributed by atoms with Crippen molar-refractivity contribution < 1.29 is 9.84 Å². The highest BCUT2D eigenvalue weighted by molar-refractivity contribution is 5.35. The minimum absolute atomic E-state index is 0.0556. The molecule has 1 unspecified atom stereocenters. The maximum absolute atomic E-state index is 9.39. The molecule has 3 nitrogen and oxygen atoms in total. The summed E-state index contributed by atoms with van der Waals surface area (Å²) in [7, 11) is 0. The maximum Gasteiger partial charge on any atom is 0.124 e. The summed E-state index contributed by atoms with van der Waals surface area (Å²) in [5.74, 6) is 0.764. The molecule has 0 aliphatic rings. The van der Waals surface area contributed by atoms with Crippen molar-refractivity contribution in [1.29, 1.82) is 0 Å². The molecule has 0 aliphatic heterocycles. The number of hydrogen-bond acceptors (Lipinski definition) is 3. The highest BCUT2D eigenvalue weighted by Gasteiger charge is 2.08. The van der Waals surface area contributed by atoms with Crippen molar-refractivity contribution in [3.8, 4) is 5.75 Å². The Kier molecular flexibility index (Phi) is 4.59. The molecule has 0 fully saturated rings. The average molecular weight is 209 g/mol. The van der Waals surface area contributed by atoms with Crippen molar-refractivity contribution in [2.45, 2.75) is 32.4 Å². The molecule has 0 aromatic heterocycles. The van der Waals surface area contributed by atoms with Crippen LogP contribution in [0, 0.1) is 0 Å². The maximum atomic E-state index is 9.39. The lowest BCUT2D eigenvalue weighted by molar-refractivity contribution is 0.103. The Labute approximate surface area is 90.9 Å². The van der Waals surface area contributed by atoms with Crippen LogP contribution in [0.2, 0.25) is 0 Å². The SMILES string of the molecule is CCC(O)COc1ccccc1[C@@H](C)N. The number of nitrogens with two attached hydrogens (primary N) is 1. The van der Waals surface area contributed by atoms with E-state index < -0.39 is 6.10 Å². The summed E-state index contributed by atoms with van der Waals surface area (Å²) < 4.78 is 5.52. The lowest BCUT2D eigenvalue weighted by Gasteiger charge is -2.15. The largest absolute Gasteiger partial charge is 0.491 e. The molecule has 2 atom stereocenters. The standard InChI is InChI=1S/C12H19NO2/c1-3-10(14)8-15-12-7-5-4-6-11(12)9(2)13/h4-7,9-10,14H,3,8,13H2,1-2H3/t9-,10?/m1/s1. The summed E-state index contributed by atoms with van der Waals surface area (Å²) in [6.45, 7) is 4.16. The van der Waals surface area contributed by atoms with E-state index in [-0.39, 0.29) is 6.04 Å². The predicted molar refractivity (Wildman–Crippen MR) is 60.8 cm³/mol. The first kappa shape index (κ1) is 12.0. The van der Waals surface area contributed by atoms with Crippen LogP contribution in [0.4, 0.5) is 0 Å². The van der Waals surface area contributed by atoms with Gasteiger partial charge in [-0.15, -0.1) is 0 Å².